The molecule has 4 heteroatoms. The maximum Gasteiger partial charge on any atom is 0.527 e. The van der Waals surface area contributed by atoms with Crippen molar-refractivity contribution < 1.29 is 9.68 Å². The van der Waals surface area contributed by atoms with Crippen molar-refractivity contribution in [1.82, 2.24) is 0 Å². The third kappa shape index (κ3) is 1.25. The fourth-order valence-electron chi connectivity index (χ4n) is 1.37. The van der Waals surface area contributed by atoms with Gasteiger partial charge in [-0.25, -0.2) is 0 Å². The molecular formula is C8H8BBrO2. The van der Waals surface area contributed by atoms with E-state index in [2.05, 4.69) is 15.9 Å². The highest BCUT2D eigenvalue weighted by molar-refractivity contribution is 9.10. The molecule has 0 aliphatic carbocycles. The predicted molar refractivity (Wildman–Crippen MR) is 51.2 cm³/mol. The summed E-state index contributed by atoms with van der Waals surface area (Å²) in [5, 5.41) is 9.19. The van der Waals surface area contributed by atoms with Crippen molar-refractivity contribution in [2.24, 2.45) is 0 Å². The van der Waals surface area contributed by atoms with E-state index in [-0.39, 0.29) is 0 Å². The number of rotatable bonds is 0. The normalized spacial score (nSPS) is 14.4. The predicted octanol–water partition coefficient (Wildman–Crippen LogP) is 1.71. The summed E-state index contributed by atoms with van der Waals surface area (Å²) in [6, 6.07) is 3.94. The average Bonchev–Trinajstić information content (AvgIpc) is 2.30. The molecule has 1 N–H and O–H groups in total. The second kappa shape index (κ2) is 2.78. The van der Waals surface area contributed by atoms with E-state index in [9.17, 15) is 5.02 Å². The van der Waals surface area contributed by atoms with Crippen LogP contribution in [0.4, 0.5) is 0 Å². The average molecular weight is 227 g/mol. The van der Waals surface area contributed by atoms with Crippen LogP contribution in [-0.2, 0) is 6.32 Å². The molecule has 0 spiro atoms. The molecule has 1 aromatic carbocycles. The summed E-state index contributed by atoms with van der Waals surface area (Å²) < 4.78 is 6.19. The van der Waals surface area contributed by atoms with E-state index < -0.39 is 7.12 Å². The van der Waals surface area contributed by atoms with Crippen molar-refractivity contribution in [2.45, 2.75) is 13.2 Å². The van der Waals surface area contributed by atoms with Crippen molar-refractivity contribution >= 4 is 23.0 Å². The van der Waals surface area contributed by atoms with E-state index in [4.69, 9.17) is 4.65 Å². The zero-order chi connectivity index (χ0) is 8.72. The van der Waals surface area contributed by atoms with Gasteiger partial charge in [-0.05, 0) is 24.1 Å². The Morgan fingerprint density at radius 3 is 3.08 bits per heavy atom. The van der Waals surface area contributed by atoms with Crippen molar-refractivity contribution in [3.63, 3.8) is 0 Å². The van der Waals surface area contributed by atoms with Crippen molar-refractivity contribution in [1.29, 1.82) is 0 Å². The molecule has 0 fully saturated rings. The molecule has 0 saturated carbocycles. The van der Waals surface area contributed by atoms with Crippen molar-refractivity contribution in [2.75, 3.05) is 0 Å². The Kier molecular flexibility index (Phi) is 1.89. The van der Waals surface area contributed by atoms with Gasteiger partial charge in [-0.1, -0.05) is 22.0 Å². The number of benzene rings is 1. The van der Waals surface area contributed by atoms with Gasteiger partial charge in [-0.3, -0.25) is 0 Å². The second-order valence-electron chi connectivity index (χ2n) is 2.99. The molecule has 1 aliphatic rings. The van der Waals surface area contributed by atoms with Crippen LogP contribution in [0, 0.1) is 6.92 Å². The van der Waals surface area contributed by atoms with Gasteiger partial charge in [0, 0.05) is 10.8 Å². The maximum absolute atomic E-state index is 9.19. The molecule has 0 amide bonds. The Labute approximate surface area is 79.8 Å². The molecule has 0 unspecified atom stereocenters. The molecule has 1 heterocycles. The van der Waals surface area contributed by atoms with E-state index in [0.717, 1.165) is 15.8 Å². The van der Waals surface area contributed by atoms with E-state index in [1.54, 1.807) is 0 Å². The van der Waals surface area contributed by atoms with Crippen LogP contribution in [0.5, 0.6) is 5.75 Å². The lowest BCUT2D eigenvalue weighted by Gasteiger charge is -2.03. The molecule has 2 nitrogen and oxygen atoms in total. The van der Waals surface area contributed by atoms with Crippen LogP contribution in [0.3, 0.4) is 0 Å². The van der Waals surface area contributed by atoms with Crippen LogP contribution in [0.1, 0.15) is 11.1 Å². The van der Waals surface area contributed by atoms with Crippen LogP contribution in [0.15, 0.2) is 16.6 Å². The van der Waals surface area contributed by atoms with Gasteiger partial charge >= 0.3 is 7.12 Å². The Morgan fingerprint density at radius 2 is 2.33 bits per heavy atom. The zero-order valence-electron chi connectivity index (χ0n) is 6.67. The lowest BCUT2D eigenvalue weighted by Crippen LogP contribution is -2.17. The summed E-state index contributed by atoms with van der Waals surface area (Å²) in [6.45, 7) is 2.02. The summed E-state index contributed by atoms with van der Waals surface area (Å²) in [6.07, 6.45) is 0.601. The molecule has 1 aromatic rings. The van der Waals surface area contributed by atoms with Gasteiger partial charge < -0.3 is 9.68 Å². The first-order valence-corrected chi connectivity index (χ1v) is 4.60. The summed E-state index contributed by atoms with van der Waals surface area (Å²) in [4.78, 5) is 0. The summed E-state index contributed by atoms with van der Waals surface area (Å²) in [5.74, 6) is 0.792. The fraction of sp³-hybridized carbons (Fsp3) is 0.250. The molecule has 62 valence electrons. The van der Waals surface area contributed by atoms with Crippen LogP contribution in [-0.4, -0.2) is 12.1 Å². The van der Waals surface area contributed by atoms with Crippen LogP contribution >= 0.6 is 15.9 Å². The largest absolute Gasteiger partial charge is 0.536 e. The van der Waals surface area contributed by atoms with E-state index in [1.807, 2.05) is 19.1 Å². The molecule has 0 aromatic heterocycles. The minimum absolute atomic E-state index is 0.601. The lowest BCUT2D eigenvalue weighted by atomic mass is 9.84. The smallest absolute Gasteiger partial charge is 0.527 e. The van der Waals surface area contributed by atoms with E-state index >= 15 is 0 Å². The first kappa shape index (κ1) is 8.14. The highest BCUT2D eigenvalue weighted by Crippen LogP contribution is 2.31. The second-order valence-corrected chi connectivity index (χ2v) is 3.84. The number of hydrogen-bond donors (Lipinski definition) is 1. The fourth-order valence-corrected chi connectivity index (χ4v) is 1.69. The van der Waals surface area contributed by atoms with Crippen LogP contribution in [0.25, 0.3) is 0 Å². The van der Waals surface area contributed by atoms with Gasteiger partial charge in [-0.2, -0.15) is 0 Å². The minimum atomic E-state index is -0.659. The van der Waals surface area contributed by atoms with Gasteiger partial charge in [0.15, 0.2) is 0 Å². The Bertz CT molecular complexity index is 296. The lowest BCUT2D eigenvalue weighted by molar-refractivity contribution is 0.431. The Hall–Kier alpha value is -0.475. The Balaban J connectivity index is 2.48. The van der Waals surface area contributed by atoms with E-state index in [0.29, 0.717) is 6.32 Å². The highest BCUT2D eigenvalue weighted by Gasteiger charge is 2.27. The van der Waals surface area contributed by atoms with Crippen molar-refractivity contribution in [3.8, 4) is 5.75 Å². The maximum atomic E-state index is 9.19. The summed E-state index contributed by atoms with van der Waals surface area (Å²) in [7, 11) is -0.659. The quantitative estimate of drug-likeness (QED) is 0.683. The number of halogens is 1. The molecular weight excluding hydrogens is 219 g/mol. The van der Waals surface area contributed by atoms with Crippen molar-refractivity contribution in [3.05, 3.63) is 27.7 Å². The Morgan fingerprint density at radius 1 is 1.58 bits per heavy atom. The minimum Gasteiger partial charge on any atom is -0.536 e. The number of aryl methyl sites for hydroxylation is 1. The van der Waals surface area contributed by atoms with Crippen LogP contribution < -0.4 is 4.65 Å². The first-order valence-electron chi connectivity index (χ1n) is 3.80. The molecule has 0 radical (unpaired) electrons. The number of hydrogen-bond acceptors (Lipinski definition) is 2. The zero-order valence-corrected chi connectivity index (χ0v) is 8.26. The standard InChI is InChI=1S/C8H8BBrO2/c1-5-2-6-4-9(11)12-8(6)3-7(5)10/h2-3,11H,4H2,1H3. The molecule has 1 aliphatic heterocycles. The van der Waals surface area contributed by atoms with E-state index in [1.165, 1.54) is 5.56 Å². The molecule has 0 saturated heterocycles. The number of fused-ring (bicyclic) bond motifs is 1. The van der Waals surface area contributed by atoms with Gasteiger partial charge in [0.05, 0.1) is 0 Å². The molecule has 12 heavy (non-hydrogen) atoms. The topological polar surface area (TPSA) is 29.5 Å². The van der Waals surface area contributed by atoms with Gasteiger partial charge in [-0.15, -0.1) is 0 Å². The van der Waals surface area contributed by atoms with Gasteiger partial charge in [0.2, 0.25) is 0 Å². The summed E-state index contributed by atoms with van der Waals surface area (Å²) in [5.41, 5.74) is 2.26. The van der Waals surface area contributed by atoms with Gasteiger partial charge in [0.25, 0.3) is 0 Å². The highest BCUT2D eigenvalue weighted by atomic mass is 79.9. The molecule has 2 rings (SSSR count). The monoisotopic (exact) mass is 226 g/mol. The SMILES string of the molecule is Cc1cc2c(cc1Br)OB(O)C2. The third-order valence-electron chi connectivity index (χ3n) is 2.00. The summed E-state index contributed by atoms with van der Waals surface area (Å²) >= 11 is 3.41. The molecule has 0 atom stereocenters. The van der Waals surface area contributed by atoms with Crippen LogP contribution in [0.2, 0.25) is 0 Å². The first-order chi connectivity index (χ1) is 5.66. The third-order valence-corrected chi connectivity index (χ3v) is 2.85. The van der Waals surface area contributed by atoms with Gasteiger partial charge in [0.1, 0.15) is 5.75 Å². The molecule has 0 bridgehead atoms.